The fourth-order valence-corrected chi connectivity index (χ4v) is 1.40. The minimum absolute atomic E-state index is 0. The van der Waals surface area contributed by atoms with Gasteiger partial charge in [-0.15, -0.1) is 24.0 Å². The summed E-state index contributed by atoms with van der Waals surface area (Å²) in [5.74, 6) is 0.648. The zero-order valence-corrected chi connectivity index (χ0v) is 9.81. The number of hydrogen-bond donors (Lipinski definition) is 1. The largest absolute Gasteiger partial charge is 0.373 e. The average Bonchev–Trinajstić information content (AvgIpc) is 2.18. The first-order valence-electron chi connectivity index (χ1n) is 4.34. The normalized spacial score (nSPS) is 9.36. The molecule has 80 valence electrons. The van der Waals surface area contributed by atoms with Gasteiger partial charge in [0.05, 0.1) is 0 Å². The molecule has 0 radical (unpaired) electrons. The van der Waals surface area contributed by atoms with E-state index in [0.717, 1.165) is 12.1 Å². The van der Waals surface area contributed by atoms with Gasteiger partial charge in [0.2, 0.25) is 0 Å². The molecule has 0 heterocycles. The van der Waals surface area contributed by atoms with Gasteiger partial charge in [-0.3, -0.25) is 0 Å². The highest BCUT2D eigenvalue weighted by Gasteiger charge is 1.98. The van der Waals surface area contributed by atoms with E-state index in [1.54, 1.807) is 0 Å². The Kier molecular flexibility index (Phi) is 6.71. The standard InChI is InChI=1S/C10H15ClN2.ClH/c1-13(7-6-11)10-4-2-9(8-12)3-5-10;/h2-5H,6-8,12H2,1H3;1H. The third-order valence-corrected chi connectivity index (χ3v) is 2.20. The van der Waals surface area contributed by atoms with Crippen LogP contribution in [0.2, 0.25) is 0 Å². The molecule has 0 fully saturated rings. The first kappa shape index (κ1) is 13.6. The summed E-state index contributed by atoms with van der Waals surface area (Å²) in [5.41, 5.74) is 7.83. The molecule has 0 spiro atoms. The molecule has 4 heteroatoms. The Morgan fingerprint density at radius 1 is 1.29 bits per heavy atom. The molecule has 0 aliphatic heterocycles. The number of anilines is 1. The zero-order valence-electron chi connectivity index (χ0n) is 8.24. The molecule has 0 aromatic heterocycles. The van der Waals surface area contributed by atoms with E-state index in [0.29, 0.717) is 12.4 Å². The van der Waals surface area contributed by atoms with Crippen LogP contribution < -0.4 is 10.6 Å². The van der Waals surface area contributed by atoms with Gasteiger partial charge in [-0.2, -0.15) is 0 Å². The van der Waals surface area contributed by atoms with Crippen LogP contribution in [0.15, 0.2) is 24.3 Å². The lowest BCUT2D eigenvalue weighted by atomic mass is 10.2. The predicted octanol–water partition coefficient (Wildman–Crippen LogP) is 2.24. The van der Waals surface area contributed by atoms with Gasteiger partial charge in [-0.25, -0.2) is 0 Å². The van der Waals surface area contributed by atoms with E-state index in [-0.39, 0.29) is 12.4 Å². The van der Waals surface area contributed by atoms with Crippen LogP contribution >= 0.6 is 24.0 Å². The average molecular weight is 235 g/mol. The smallest absolute Gasteiger partial charge is 0.0399 e. The highest BCUT2D eigenvalue weighted by atomic mass is 35.5. The zero-order chi connectivity index (χ0) is 9.68. The molecule has 1 rings (SSSR count). The molecule has 2 nitrogen and oxygen atoms in total. The van der Waals surface area contributed by atoms with E-state index in [4.69, 9.17) is 17.3 Å². The van der Waals surface area contributed by atoms with Gasteiger partial charge in [-0.1, -0.05) is 12.1 Å². The summed E-state index contributed by atoms with van der Waals surface area (Å²) < 4.78 is 0. The summed E-state index contributed by atoms with van der Waals surface area (Å²) in [6, 6.07) is 8.21. The van der Waals surface area contributed by atoms with Crippen LogP contribution in [-0.2, 0) is 6.54 Å². The molecule has 14 heavy (non-hydrogen) atoms. The lowest BCUT2D eigenvalue weighted by molar-refractivity contribution is 0.970. The second-order valence-electron chi connectivity index (χ2n) is 2.98. The van der Waals surface area contributed by atoms with E-state index in [1.807, 2.05) is 19.2 Å². The van der Waals surface area contributed by atoms with Gasteiger partial charge >= 0.3 is 0 Å². The summed E-state index contributed by atoms with van der Waals surface area (Å²) in [6.07, 6.45) is 0. The van der Waals surface area contributed by atoms with Crippen molar-refractivity contribution in [3.8, 4) is 0 Å². The highest BCUT2D eigenvalue weighted by molar-refractivity contribution is 6.18. The number of halogens is 2. The van der Waals surface area contributed by atoms with Crippen molar-refractivity contribution in [1.82, 2.24) is 0 Å². The summed E-state index contributed by atoms with van der Waals surface area (Å²) in [6.45, 7) is 1.46. The molecule has 0 saturated heterocycles. The van der Waals surface area contributed by atoms with Crippen LogP contribution in [0.1, 0.15) is 5.56 Å². The van der Waals surface area contributed by atoms with Gasteiger partial charge in [0.1, 0.15) is 0 Å². The van der Waals surface area contributed by atoms with Crippen molar-refractivity contribution in [2.75, 3.05) is 24.4 Å². The molecule has 0 atom stereocenters. The first-order chi connectivity index (χ1) is 6.27. The first-order valence-corrected chi connectivity index (χ1v) is 4.87. The lowest BCUT2D eigenvalue weighted by Crippen LogP contribution is -2.19. The van der Waals surface area contributed by atoms with E-state index in [9.17, 15) is 0 Å². The minimum atomic E-state index is 0. The van der Waals surface area contributed by atoms with Crippen LogP contribution in [0.4, 0.5) is 5.69 Å². The maximum absolute atomic E-state index is 5.64. The van der Waals surface area contributed by atoms with Crippen LogP contribution in [0.5, 0.6) is 0 Å². The van der Waals surface area contributed by atoms with Gasteiger partial charge in [0.25, 0.3) is 0 Å². The fraction of sp³-hybridized carbons (Fsp3) is 0.400. The molecule has 1 aromatic carbocycles. The van der Waals surface area contributed by atoms with Crippen LogP contribution in [-0.4, -0.2) is 19.5 Å². The van der Waals surface area contributed by atoms with Gasteiger partial charge < -0.3 is 10.6 Å². The maximum Gasteiger partial charge on any atom is 0.0399 e. The SMILES string of the molecule is CN(CCCl)c1ccc(CN)cc1.Cl. The van der Waals surface area contributed by atoms with Gasteiger partial charge in [0.15, 0.2) is 0 Å². The van der Waals surface area contributed by atoms with Gasteiger partial charge in [0, 0.05) is 31.7 Å². The number of rotatable bonds is 4. The van der Waals surface area contributed by atoms with E-state index >= 15 is 0 Å². The minimum Gasteiger partial charge on any atom is -0.373 e. The molecule has 0 aliphatic carbocycles. The van der Waals surface area contributed by atoms with E-state index in [2.05, 4.69) is 17.0 Å². The molecule has 2 N–H and O–H groups in total. The molecule has 0 aliphatic rings. The van der Waals surface area contributed by atoms with Crippen LogP contribution in [0.25, 0.3) is 0 Å². The Bertz CT molecular complexity index is 249. The topological polar surface area (TPSA) is 29.3 Å². The van der Waals surface area contributed by atoms with E-state index < -0.39 is 0 Å². The number of alkyl halides is 1. The maximum atomic E-state index is 5.64. The molecule has 0 unspecified atom stereocenters. The van der Waals surface area contributed by atoms with Crippen molar-refractivity contribution < 1.29 is 0 Å². The summed E-state index contributed by atoms with van der Waals surface area (Å²) >= 11 is 5.64. The summed E-state index contributed by atoms with van der Waals surface area (Å²) in [4.78, 5) is 2.12. The quantitative estimate of drug-likeness (QED) is 0.811. The lowest BCUT2D eigenvalue weighted by Gasteiger charge is -2.17. The van der Waals surface area contributed by atoms with E-state index in [1.165, 1.54) is 5.69 Å². The molecule has 0 amide bonds. The fourth-order valence-electron chi connectivity index (χ4n) is 1.14. The van der Waals surface area contributed by atoms with Crippen molar-refractivity contribution in [2.45, 2.75) is 6.54 Å². The number of nitrogens with zero attached hydrogens (tertiary/aromatic N) is 1. The molecule has 1 aromatic rings. The summed E-state index contributed by atoms with van der Waals surface area (Å²) in [5, 5.41) is 0. The van der Waals surface area contributed by atoms with Crippen molar-refractivity contribution in [3.05, 3.63) is 29.8 Å². The van der Waals surface area contributed by atoms with Gasteiger partial charge in [-0.05, 0) is 17.7 Å². The Morgan fingerprint density at radius 3 is 2.29 bits per heavy atom. The molecule has 0 bridgehead atoms. The monoisotopic (exact) mass is 234 g/mol. The molecule has 0 saturated carbocycles. The second-order valence-corrected chi connectivity index (χ2v) is 3.36. The predicted molar refractivity (Wildman–Crippen MR) is 65.6 cm³/mol. The molecular weight excluding hydrogens is 219 g/mol. The third-order valence-electron chi connectivity index (χ3n) is 2.03. The van der Waals surface area contributed by atoms with Crippen molar-refractivity contribution in [3.63, 3.8) is 0 Å². The highest BCUT2D eigenvalue weighted by Crippen LogP contribution is 2.13. The Morgan fingerprint density at radius 2 is 1.86 bits per heavy atom. The Balaban J connectivity index is 0.00000169. The van der Waals surface area contributed by atoms with Crippen LogP contribution in [0, 0.1) is 0 Å². The second kappa shape index (κ2) is 6.93. The molecular formula is C10H16Cl2N2. The van der Waals surface area contributed by atoms with Crippen molar-refractivity contribution in [2.24, 2.45) is 5.73 Å². The number of nitrogens with two attached hydrogens (primary N) is 1. The third kappa shape index (κ3) is 3.74. The Labute approximate surface area is 96.4 Å². The summed E-state index contributed by atoms with van der Waals surface area (Å²) in [7, 11) is 2.03. The van der Waals surface area contributed by atoms with Crippen LogP contribution in [0.3, 0.4) is 0 Å². The van der Waals surface area contributed by atoms with Crippen molar-refractivity contribution >= 4 is 29.7 Å². The number of hydrogen-bond acceptors (Lipinski definition) is 2. The van der Waals surface area contributed by atoms with Crippen molar-refractivity contribution in [1.29, 1.82) is 0 Å². The number of benzene rings is 1. The Hall–Kier alpha value is -0.440.